The average Bonchev–Trinajstić information content (AvgIpc) is 2.69. The molecule has 0 amide bonds. The van der Waals surface area contributed by atoms with E-state index in [4.69, 9.17) is 21.9 Å². The lowest BCUT2D eigenvalue weighted by Crippen LogP contribution is -2.30. The Hall–Kier alpha value is -1.36. The molecule has 1 unspecified atom stereocenters. The van der Waals surface area contributed by atoms with Crippen molar-refractivity contribution in [3.05, 3.63) is 57.8 Å². The van der Waals surface area contributed by atoms with Gasteiger partial charge in [-0.3, -0.25) is 5.84 Å². The van der Waals surface area contributed by atoms with E-state index in [9.17, 15) is 4.39 Å². The topological polar surface area (TPSA) is 51.2 Å². The van der Waals surface area contributed by atoms with E-state index < -0.39 is 6.04 Å². The van der Waals surface area contributed by atoms with E-state index in [-0.39, 0.29) is 11.0 Å². The number of nitrogens with one attached hydrogen (secondary N) is 1. The molecule has 0 bridgehead atoms. The lowest BCUT2D eigenvalue weighted by Gasteiger charge is -2.17. The maximum absolute atomic E-state index is 14.1. The number of furan rings is 1. The number of benzene rings is 1. The molecule has 2 rings (SSSR count). The van der Waals surface area contributed by atoms with Crippen molar-refractivity contribution in [2.45, 2.75) is 19.9 Å². The summed E-state index contributed by atoms with van der Waals surface area (Å²) in [5, 5.41) is 0.246. The molecule has 3 nitrogen and oxygen atoms in total. The summed E-state index contributed by atoms with van der Waals surface area (Å²) in [6.45, 7) is 3.68. The Kier molecular flexibility index (Phi) is 3.71. The molecule has 1 aromatic carbocycles. The zero-order valence-corrected chi connectivity index (χ0v) is 10.9. The predicted molar refractivity (Wildman–Crippen MR) is 68.8 cm³/mol. The van der Waals surface area contributed by atoms with Crippen molar-refractivity contribution < 1.29 is 8.81 Å². The monoisotopic (exact) mass is 268 g/mol. The summed E-state index contributed by atoms with van der Waals surface area (Å²) in [7, 11) is 0. The third-order valence-corrected chi connectivity index (χ3v) is 3.02. The van der Waals surface area contributed by atoms with Crippen molar-refractivity contribution in [2.75, 3.05) is 0 Å². The maximum Gasteiger partial charge on any atom is 0.193 e. The van der Waals surface area contributed by atoms with E-state index in [0.717, 1.165) is 11.1 Å². The minimum absolute atomic E-state index is 0.246. The highest BCUT2D eigenvalue weighted by atomic mass is 35.5. The third-order valence-electron chi connectivity index (χ3n) is 2.81. The van der Waals surface area contributed by atoms with Crippen LogP contribution in [0.3, 0.4) is 0 Å². The van der Waals surface area contributed by atoms with Crippen LogP contribution in [0.1, 0.15) is 28.5 Å². The molecular weight excluding hydrogens is 255 g/mol. The number of hydrogen-bond donors (Lipinski definition) is 2. The van der Waals surface area contributed by atoms with Crippen molar-refractivity contribution in [3.8, 4) is 0 Å². The van der Waals surface area contributed by atoms with Gasteiger partial charge in [0.2, 0.25) is 0 Å². The van der Waals surface area contributed by atoms with Crippen molar-refractivity contribution in [1.29, 1.82) is 0 Å². The molecule has 5 heteroatoms. The van der Waals surface area contributed by atoms with Crippen LogP contribution in [0.15, 0.2) is 28.7 Å². The van der Waals surface area contributed by atoms with E-state index in [2.05, 4.69) is 5.43 Å². The van der Waals surface area contributed by atoms with Crippen LogP contribution in [-0.2, 0) is 0 Å². The standard InChI is InChI=1S/C13H14ClFN2O/c1-7-5-8(2)12(9(15)6-7)13(17-16)10-3-4-11(14)18-10/h3-6,13,17H,16H2,1-2H3. The Morgan fingerprint density at radius 3 is 2.56 bits per heavy atom. The second-order valence-electron chi connectivity index (χ2n) is 4.22. The first kappa shape index (κ1) is 13.1. The summed E-state index contributed by atoms with van der Waals surface area (Å²) in [6, 6.07) is 6.08. The van der Waals surface area contributed by atoms with Gasteiger partial charge >= 0.3 is 0 Å². The fourth-order valence-corrected chi connectivity index (χ4v) is 2.24. The number of hydrazine groups is 1. The highest BCUT2D eigenvalue weighted by Crippen LogP contribution is 2.29. The maximum atomic E-state index is 14.1. The highest BCUT2D eigenvalue weighted by Gasteiger charge is 2.22. The zero-order valence-electron chi connectivity index (χ0n) is 10.1. The van der Waals surface area contributed by atoms with Crippen LogP contribution in [0.25, 0.3) is 0 Å². The molecule has 0 fully saturated rings. The number of halogens is 2. The second kappa shape index (κ2) is 5.10. The molecule has 1 aromatic heterocycles. The molecule has 0 saturated heterocycles. The molecule has 0 saturated carbocycles. The highest BCUT2D eigenvalue weighted by molar-refractivity contribution is 6.28. The minimum Gasteiger partial charge on any atom is -0.448 e. The molecule has 0 aliphatic carbocycles. The summed E-state index contributed by atoms with van der Waals surface area (Å²) in [5.74, 6) is 5.67. The van der Waals surface area contributed by atoms with Gasteiger partial charge in [-0.2, -0.15) is 0 Å². The molecule has 3 N–H and O–H groups in total. The Morgan fingerprint density at radius 1 is 1.33 bits per heavy atom. The van der Waals surface area contributed by atoms with Crippen LogP contribution >= 0.6 is 11.6 Å². The van der Waals surface area contributed by atoms with Crippen LogP contribution in [0.4, 0.5) is 4.39 Å². The van der Waals surface area contributed by atoms with Crippen molar-refractivity contribution in [1.82, 2.24) is 5.43 Å². The molecule has 96 valence electrons. The van der Waals surface area contributed by atoms with Gasteiger partial charge in [0.1, 0.15) is 17.6 Å². The first-order chi connectivity index (χ1) is 8.52. The number of hydrogen-bond acceptors (Lipinski definition) is 3. The molecule has 0 radical (unpaired) electrons. The van der Waals surface area contributed by atoms with Crippen LogP contribution < -0.4 is 11.3 Å². The summed E-state index contributed by atoms with van der Waals surface area (Å²) in [5.41, 5.74) is 4.69. The van der Waals surface area contributed by atoms with Gasteiger partial charge in [-0.25, -0.2) is 9.82 Å². The van der Waals surface area contributed by atoms with E-state index >= 15 is 0 Å². The normalized spacial score (nSPS) is 12.7. The van der Waals surface area contributed by atoms with Gasteiger partial charge in [-0.05, 0) is 54.8 Å². The molecule has 1 atom stereocenters. The van der Waals surface area contributed by atoms with E-state index in [1.54, 1.807) is 12.1 Å². The fraction of sp³-hybridized carbons (Fsp3) is 0.231. The average molecular weight is 269 g/mol. The number of rotatable bonds is 3. The molecule has 0 aliphatic rings. The summed E-state index contributed by atoms with van der Waals surface area (Å²) < 4.78 is 19.4. The molecule has 1 heterocycles. The predicted octanol–water partition coefficient (Wildman–Crippen LogP) is 3.24. The lowest BCUT2D eigenvalue weighted by atomic mass is 9.97. The third kappa shape index (κ3) is 2.41. The Morgan fingerprint density at radius 2 is 2.06 bits per heavy atom. The van der Waals surface area contributed by atoms with Crippen LogP contribution in [-0.4, -0.2) is 0 Å². The Bertz CT molecular complexity index is 545. The molecule has 0 aliphatic heterocycles. The largest absolute Gasteiger partial charge is 0.448 e. The molecule has 0 spiro atoms. The smallest absolute Gasteiger partial charge is 0.193 e. The quantitative estimate of drug-likeness (QED) is 0.664. The van der Waals surface area contributed by atoms with Crippen molar-refractivity contribution in [2.24, 2.45) is 5.84 Å². The fourth-order valence-electron chi connectivity index (χ4n) is 2.08. The molecule has 18 heavy (non-hydrogen) atoms. The SMILES string of the molecule is Cc1cc(C)c(C(NN)c2ccc(Cl)o2)c(F)c1. The Balaban J connectivity index is 2.51. The van der Waals surface area contributed by atoms with Gasteiger partial charge < -0.3 is 4.42 Å². The zero-order chi connectivity index (χ0) is 13.3. The van der Waals surface area contributed by atoms with Gasteiger partial charge in [0, 0.05) is 5.56 Å². The number of nitrogens with two attached hydrogens (primary N) is 1. The first-order valence-electron chi connectivity index (χ1n) is 5.51. The van der Waals surface area contributed by atoms with Crippen LogP contribution in [0, 0.1) is 19.7 Å². The van der Waals surface area contributed by atoms with E-state index in [1.807, 2.05) is 19.9 Å². The molecular formula is C13H14ClFN2O. The van der Waals surface area contributed by atoms with Gasteiger partial charge in [-0.15, -0.1) is 0 Å². The van der Waals surface area contributed by atoms with Gasteiger partial charge in [0.25, 0.3) is 0 Å². The van der Waals surface area contributed by atoms with Crippen molar-refractivity contribution in [3.63, 3.8) is 0 Å². The lowest BCUT2D eigenvalue weighted by molar-refractivity contribution is 0.441. The number of aryl methyl sites for hydroxylation is 2. The van der Waals surface area contributed by atoms with Crippen LogP contribution in [0.5, 0.6) is 0 Å². The van der Waals surface area contributed by atoms with Gasteiger partial charge in [-0.1, -0.05) is 6.07 Å². The minimum atomic E-state index is -0.557. The summed E-state index contributed by atoms with van der Waals surface area (Å²) in [4.78, 5) is 0. The van der Waals surface area contributed by atoms with Gasteiger partial charge in [0.15, 0.2) is 5.22 Å². The Labute approximate surface area is 110 Å². The second-order valence-corrected chi connectivity index (χ2v) is 4.59. The summed E-state index contributed by atoms with van der Waals surface area (Å²) in [6.07, 6.45) is 0. The first-order valence-corrected chi connectivity index (χ1v) is 5.88. The van der Waals surface area contributed by atoms with E-state index in [0.29, 0.717) is 11.3 Å². The van der Waals surface area contributed by atoms with Crippen molar-refractivity contribution >= 4 is 11.6 Å². The van der Waals surface area contributed by atoms with E-state index in [1.165, 1.54) is 6.07 Å². The van der Waals surface area contributed by atoms with Gasteiger partial charge in [0.05, 0.1) is 0 Å². The van der Waals surface area contributed by atoms with Crippen LogP contribution in [0.2, 0.25) is 5.22 Å². The molecule has 2 aromatic rings. The summed E-state index contributed by atoms with van der Waals surface area (Å²) >= 11 is 5.72.